The summed E-state index contributed by atoms with van der Waals surface area (Å²) in [6, 6.07) is 57.5. The van der Waals surface area contributed by atoms with Crippen molar-refractivity contribution >= 4 is 155 Å². The average molecular weight is 1200 g/mol. The van der Waals surface area contributed by atoms with Gasteiger partial charge in [-0.3, -0.25) is 0 Å². The van der Waals surface area contributed by atoms with E-state index in [0.717, 1.165) is 145 Å². The maximum atomic E-state index is 9.56. The third-order valence-electron chi connectivity index (χ3n) is 20.6. The number of rotatable bonds is 4. The Hall–Kier alpha value is -9.59. The fourth-order valence-corrected chi connectivity index (χ4v) is 16.3. The largest absolute Gasteiger partial charge is 0.453 e. The van der Waals surface area contributed by atoms with Crippen molar-refractivity contribution in [2.24, 2.45) is 0 Å². The molecule has 0 fully saturated rings. The quantitative estimate of drug-likeness (QED) is 0.163. The summed E-state index contributed by atoms with van der Waals surface area (Å²) in [4.78, 5) is 11.6. The summed E-state index contributed by atoms with van der Waals surface area (Å²) in [5.41, 5.74) is 26.6. The molecule has 0 saturated heterocycles. The minimum Gasteiger partial charge on any atom is -0.453 e. The van der Waals surface area contributed by atoms with E-state index in [9.17, 15) is 8.22 Å². The van der Waals surface area contributed by atoms with E-state index in [1.165, 1.54) is 5.56 Å². The van der Waals surface area contributed by atoms with E-state index in [2.05, 4.69) is 206 Å². The SMILES string of the molecule is [2H]c1cc([2H])cc(N2c3ccc(C(C)(C)C)cc3B3c4cc5c(cc4N(c4cc([2H])cc([2H])c4)c4cc(C)cc2c43)N(c2cc([2H])cc([2H])c2)c2cc3c4c6c2B5c2cc(C(C)(C)C)cc5c2N6c2c(cc(C(C)(C)C)cc2B4c2cc(C(C)(C)C)ccc2N3c2cc([2H])cc([2H])c2)O5)c1. The summed E-state index contributed by atoms with van der Waals surface area (Å²) in [7, 11) is 0. The van der Waals surface area contributed by atoms with Crippen molar-refractivity contribution in [3.05, 3.63) is 240 Å². The average Bonchev–Trinajstić information content (AvgIpc) is 0.657. The first kappa shape index (κ1) is 47.3. The Morgan fingerprint density at radius 3 is 0.978 bits per heavy atom. The molecule has 0 saturated carbocycles. The number of hydrogen-bond acceptors (Lipinski definition) is 6. The van der Waals surface area contributed by atoms with E-state index >= 15 is 0 Å². The van der Waals surface area contributed by atoms with Crippen molar-refractivity contribution in [2.75, 3.05) is 24.5 Å². The minimum absolute atomic E-state index is 0.184. The lowest BCUT2D eigenvalue weighted by Gasteiger charge is -2.53. The summed E-state index contributed by atoms with van der Waals surface area (Å²) in [5, 5.41) is 0. The van der Waals surface area contributed by atoms with Crippen molar-refractivity contribution in [3.8, 4) is 11.5 Å². The number of ether oxygens (including phenoxy) is 1. The third-order valence-corrected chi connectivity index (χ3v) is 20.6. The van der Waals surface area contributed by atoms with Gasteiger partial charge in [-0.1, -0.05) is 198 Å². The van der Waals surface area contributed by atoms with Crippen LogP contribution in [0.3, 0.4) is 0 Å². The van der Waals surface area contributed by atoms with E-state index in [0.29, 0.717) is 22.7 Å². The highest BCUT2D eigenvalue weighted by atomic mass is 16.5. The van der Waals surface area contributed by atoms with Crippen LogP contribution in [0.5, 0.6) is 11.5 Å². The molecule has 446 valence electrons. The van der Waals surface area contributed by atoms with Gasteiger partial charge in [-0.15, -0.1) is 0 Å². The zero-order valence-corrected chi connectivity index (χ0v) is 54.5. The van der Waals surface area contributed by atoms with Gasteiger partial charge in [0.15, 0.2) is 11.5 Å². The van der Waals surface area contributed by atoms with Gasteiger partial charge >= 0.3 is 0 Å². The maximum Gasteiger partial charge on any atom is 0.252 e. The van der Waals surface area contributed by atoms with Crippen LogP contribution < -0.4 is 78.4 Å². The molecule has 0 atom stereocenters. The maximum absolute atomic E-state index is 9.56. The van der Waals surface area contributed by atoms with Crippen LogP contribution in [0, 0.1) is 6.92 Å². The molecule has 0 aromatic heterocycles. The van der Waals surface area contributed by atoms with Crippen molar-refractivity contribution in [2.45, 2.75) is 112 Å². The second-order valence-electron chi connectivity index (χ2n) is 30.5. The molecule has 0 radical (unpaired) electrons. The van der Waals surface area contributed by atoms with Gasteiger partial charge in [0.25, 0.3) is 20.1 Å². The Morgan fingerprint density at radius 2 is 0.609 bits per heavy atom. The molecular formula is C83H74B3N5O. The second-order valence-corrected chi connectivity index (χ2v) is 30.5. The minimum atomic E-state index is -0.485. The number of aryl methyl sites for hydroxylation is 1. The number of fused-ring (bicyclic) bond motifs is 10. The molecule has 0 amide bonds. The first-order chi connectivity index (χ1) is 47.2. The first-order valence-corrected chi connectivity index (χ1v) is 32.5. The van der Waals surface area contributed by atoms with Gasteiger partial charge in [-0.25, -0.2) is 0 Å². The van der Waals surface area contributed by atoms with Crippen LogP contribution in [-0.2, 0) is 21.7 Å². The Balaban J connectivity index is 1.03. The van der Waals surface area contributed by atoms with Gasteiger partial charge in [0.1, 0.15) is 0 Å². The van der Waals surface area contributed by atoms with Gasteiger partial charge in [0, 0.05) is 73.9 Å². The fraction of sp³-hybridized carbons (Fsp3) is 0.205. The van der Waals surface area contributed by atoms with Crippen LogP contribution in [-0.4, -0.2) is 20.1 Å². The molecule has 11 aromatic carbocycles. The number of benzene rings is 11. The van der Waals surface area contributed by atoms with E-state index in [1.807, 2.05) is 48.5 Å². The molecule has 7 aliphatic rings. The number of anilines is 15. The smallest absolute Gasteiger partial charge is 0.252 e. The van der Waals surface area contributed by atoms with Crippen LogP contribution in [0.2, 0.25) is 0 Å². The summed E-state index contributed by atoms with van der Waals surface area (Å²) < 4.78 is 82.3. The molecule has 18 rings (SSSR count). The number of hydrogen-bond donors (Lipinski definition) is 0. The molecule has 0 unspecified atom stereocenters. The predicted octanol–water partition coefficient (Wildman–Crippen LogP) is 16.1. The topological polar surface area (TPSA) is 25.4 Å². The molecule has 9 heteroatoms. The summed E-state index contributed by atoms with van der Waals surface area (Å²) >= 11 is 0. The number of para-hydroxylation sites is 4. The molecule has 11 aromatic rings. The lowest BCUT2D eigenvalue weighted by molar-refractivity contribution is 0.470. The highest BCUT2D eigenvalue weighted by molar-refractivity contribution is 7.06. The van der Waals surface area contributed by atoms with Crippen LogP contribution in [0.25, 0.3) is 0 Å². The molecular weight excluding hydrogens is 1120 g/mol. The summed E-state index contributed by atoms with van der Waals surface area (Å²) in [6.07, 6.45) is 0. The van der Waals surface area contributed by atoms with E-state index in [-0.39, 0.29) is 76.7 Å². The molecule has 0 N–H and O–H groups in total. The zero-order chi connectivity index (χ0) is 69.9. The fourth-order valence-electron chi connectivity index (χ4n) is 16.3. The van der Waals surface area contributed by atoms with E-state index < -0.39 is 13.4 Å². The van der Waals surface area contributed by atoms with Crippen molar-refractivity contribution in [1.82, 2.24) is 0 Å². The summed E-state index contributed by atoms with van der Waals surface area (Å²) in [6.45, 7) is 28.0. The monoisotopic (exact) mass is 1200 g/mol. The van der Waals surface area contributed by atoms with Crippen LogP contribution in [0.15, 0.2) is 212 Å². The molecule has 0 aliphatic carbocycles. The lowest BCUT2D eigenvalue weighted by atomic mass is 9.27. The standard InChI is InChI=1S/C83H74B3N5O/c1-49-38-68-74-69(39-49)89(56-30-22-16-23-31-56)66-47-67-61(46-60(66)84(74)58-40-50(80(2,3)4)34-36-64(58)87(68)54-26-18-14-19-27-54)86-63-43-53(83(11,12)13)45-73-78(63)91-77-62(42-52(82(8,9)10)44-72(77)92-73)85-59-41-51(81(5,6)7)35-37-65(59)88(55-28-20-15-21-29-55)70-48-71(76(86)79(91)75(70)85)90(67)57-32-24-17-25-33-57/h14-48H,1-13H3/i18D,19D,20D,21D,22D,23D,24D,25D. The van der Waals surface area contributed by atoms with Gasteiger partial charge in [-0.05, 0) is 203 Å². The normalized spacial score (nSPS) is 16.1. The highest BCUT2D eigenvalue weighted by Crippen LogP contribution is 2.58. The van der Waals surface area contributed by atoms with Gasteiger partial charge in [-0.2, -0.15) is 0 Å². The van der Waals surface area contributed by atoms with Crippen molar-refractivity contribution < 1.29 is 15.7 Å². The Labute approximate surface area is 555 Å². The van der Waals surface area contributed by atoms with Gasteiger partial charge < -0.3 is 29.2 Å². The summed E-state index contributed by atoms with van der Waals surface area (Å²) in [5.74, 6) is 1.53. The molecule has 7 aliphatic heterocycles. The highest BCUT2D eigenvalue weighted by Gasteiger charge is 2.56. The molecule has 6 nitrogen and oxygen atoms in total. The van der Waals surface area contributed by atoms with E-state index in [1.54, 1.807) is 24.3 Å². The Morgan fingerprint density at radius 1 is 0.293 bits per heavy atom. The lowest BCUT2D eigenvalue weighted by Crippen LogP contribution is -2.70. The molecule has 7 heterocycles. The molecule has 0 bridgehead atoms. The zero-order valence-electron chi connectivity index (χ0n) is 62.5. The van der Waals surface area contributed by atoms with Gasteiger partial charge in [0.2, 0.25) is 0 Å². The van der Waals surface area contributed by atoms with Crippen molar-refractivity contribution in [1.29, 1.82) is 0 Å². The molecule has 0 spiro atoms. The van der Waals surface area contributed by atoms with E-state index in [4.69, 9.17) is 7.48 Å². The van der Waals surface area contributed by atoms with Crippen LogP contribution in [0.4, 0.5) is 85.3 Å². The van der Waals surface area contributed by atoms with Crippen molar-refractivity contribution in [3.63, 3.8) is 0 Å². The number of nitrogens with zero attached hydrogens (tertiary/aromatic N) is 5. The van der Waals surface area contributed by atoms with Crippen LogP contribution in [0.1, 0.15) is 122 Å². The van der Waals surface area contributed by atoms with Gasteiger partial charge in [0.05, 0.1) is 22.3 Å². The second kappa shape index (κ2) is 18.8. The Kier molecular flexibility index (Phi) is 9.67. The molecule has 92 heavy (non-hydrogen) atoms. The first-order valence-electron chi connectivity index (χ1n) is 36.5. The van der Waals surface area contributed by atoms with Crippen LogP contribution >= 0.6 is 0 Å². The third kappa shape index (κ3) is 7.71. The Bertz CT molecular complexity index is 5470. The predicted molar refractivity (Wildman–Crippen MR) is 393 cm³/mol.